The Labute approximate surface area is 685 Å². The number of hydrogen-bond acceptors (Lipinski definition) is 48. The molecule has 8 aliphatic rings. The van der Waals surface area contributed by atoms with Crippen molar-refractivity contribution in [3.05, 3.63) is 0 Å². The number of carbonyl (C=O) groups excluding carboxylic acids is 5. The van der Waals surface area contributed by atoms with Crippen LogP contribution in [0, 0.1) is 0 Å². The van der Waals surface area contributed by atoms with Crippen LogP contribution in [-0.2, 0) is 105 Å². The molecule has 8 heterocycles. The van der Waals surface area contributed by atoms with E-state index < -0.39 is 383 Å². The van der Waals surface area contributed by atoms with Gasteiger partial charge in [-0.3, -0.25) is 24.0 Å². The average Bonchev–Trinajstić information content (AvgIpc) is 0.769. The smallest absolute Gasteiger partial charge is 0.364 e. The van der Waals surface area contributed by atoms with E-state index in [1.165, 1.54) is 0 Å². The van der Waals surface area contributed by atoms with Crippen molar-refractivity contribution in [1.82, 2.24) is 26.6 Å². The van der Waals surface area contributed by atoms with Gasteiger partial charge in [-0.2, -0.15) is 0 Å². The molecule has 0 bridgehead atoms. The molecule has 0 unspecified atom stereocenters. The number of aliphatic hydroxyl groups is 26. The van der Waals surface area contributed by atoms with Crippen LogP contribution in [0.15, 0.2) is 0 Å². The second kappa shape index (κ2) is 44.7. The molecule has 0 aromatic heterocycles. The Morgan fingerprint density at radius 1 is 0.372 bits per heavy atom. The topological polar surface area (TPSA) is 856 Å². The van der Waals surface area contributed by atoms with Crippen molar-refractivity contribution in [2.45, 2.75) is 316 Å². The number of carboxylic acids is 1. The summed E-state index contributed by atoms with van der Waals surface area (Å²) in [6, 6.07) is -9.19. The summed E-state index contributed by atoms with van der Waals surface area (Å²) in [4.78, 5) is 75.7. The molecule has 8 saturated heterocycles. The lowest BCUT2D eigenvalue weighted by Gasteiger charge is -2.51. The summed E-state index contributed by atoms with van der Waals surface area (Å²) < 4.78 is 94.8. The molecule has 54 nitrogen and oxygen atoms in total. The number of nitrogens with one attached hydrogen (secondary N) is 5. The molecule has 8 aliphatic heterocycles. The summed E-state index contributed by atoms with van der Waals surface area (Å²) in [6.45, 7) is -7.03. The Bertz CT molecular complexity index is 3290. The molecular formula is C67H113N5O49. The van der Waals surface area contributed by atoms with Crippen LogP contribution in [0.25, 0.3) is 0 Å². The van der Waals surface area contributed by atoms with Gasteiger partial charge in [0.25, 0.3) is 5.79 Å². The highest BCUT2D eigenvalue weighted by Gasteiger charge is 2.62. The molecule has 121 heavy (non-hydrogen) atoms. The number of aliphatic hydroxyl groups excluding tert-OH is 26. The molecule has 8 fully saturated rings. The van der Waals surface area contributed by atoms with Gasteiger partial charge >= 0.3 is 5.97 Å². The number of carbonyl (C=O) groups is 6. The number of aliphatic carboxylic acids is 1. The summed E-state index contributed by atoms with van der Waals surface area (Å²) >= 11 is 0. The molecule has 5 amide bonds. The Hall–Kier alpha value is -4.86. The fraction of sp³-hybridized carbons (Fsp3) is 0.910. The molecule has 0 aliphatic carbocycles. The lowest BCUT2D eigenvalue weighted by atomic mass is 9.88. The van der Waals surface area contributed by atoms with Crippen LogP contribution in [-0.4, -0.2) is 515 Å². The molecular weight excluding hydrogens is 1660 g/mol. The second-order valence-electron chi connectivity index (χ2n) is 30.1. The minimum absolute atomic E-state index is 0.820. The van der Waals surface area contributed by atoms with E-state index in [-0.39, 0.29) is 0 Å². The Morgan fingerprint density at radius 3 is 1.22 bits per heavy atom. The van der Waals surface area contributed by atoms with Gasteiger partial charge in [-0.25, -0.2) is 4.79 Å². The van der Waals surface area contributed by atoms with Crippen molar-refractivity contribution < 1.29 is 242 Å². The monoisotopic (exact) mass is 1770 g/mol. The number of hydrogen-bond donors (Lipinski definition) is 32. The summed E-state index contributed by atoms with van der Waals surface area (Å²) in [7, 11) is 0. The first kappa shape index (κ1) is 102. The zero-order chi connectivity index (χ0) is 90.0. The Morgan fingerprint density at radius 2 is 0.760 bits per heavy atom. The maximum absolute atomic E-state index is 13.1. The quantitative estimate of drug-likeness (QED) is 0.0275. The standard InChI is InChI=1S/C67H113N5O49/c1-17(81)68-22(7-73)37(89)52(25(88)9-75)115-60-35(71-20(4)84)45(97)54(30(14-80)111-60)117-63-51(103)56(118-65-58(49(101)41(93)28(12-78)110-65)120-59-34(70-19(3)83)44(96)39(91)26(10-76)108-59)43(95)31(113-63)15-106-64-57(48(100)40(92)27(11-77)109-64)119-61-36(72-21(5)85)46(98)53(29(13-79)112-61)116-62-50(102)47(99)42(94)32(114-62)16-107-67(66(104)105)6-23(86)33(69-18(2)82)55(121-67)38(90)24(87)8-74/h22-65,73-80,86-103H,6-16H2,1-5H3,(H,68,81)(H,69,82)(H,70,83)(H,71,84)(H,72,85)(H,104,105)/t22-,23-,24+,25+,26+,27+,28+,29+,30+,31+,32+,33+,34+,35+,36+,37+,38+,39+,40+,41+,42-,43+,44+,45+,46+,47-,48-,49-,50+,51-,52+,53+,54+,55+,56-,57-,58-,59-,60-,61-,62-,63-,64-,65+,67+/m0/s1. The summed E-state index contributed by atoms with van der Waals surface area (Å²) in [5.41, 5.74) is 0. The molecule has 32 N–H and O–H groups in total. The maximum Gasteiger partial charge on any atom is 0.364 e. The van der Waals surface area contributed by atoms with Gasteiger partial charge < -0.3 is 240 Å². The fourth-order valence-electron chi connectivity index (χ4n) is 15.0. The molecule has 0 spiro atoms. The van der Waals surface area contributed by atoms with Gasteiger partial charge in [0.15, 0.2) is 44.0 Å². The second-order valence-corrected chi connectivity index (χ2v) is 30.1. The lowest BCUT2D eigenvalue weighted by Crippen LogP contribution is -2.70. The van der Waals surface area contributed by atoms with Crippen molar-refractivity contribution in [2.24, 2.45) is 0 Å². The third kappa shape index (κ3) is 23.6. The first-order valence-corrected chi connectivity index (χ1v) is 38.2. The van der Waals surface area contributed by atoms with Gasteiger partial charge in [0.05, 0.1) is 84.3 Å². The number of rotatable bonds is 37. The van der Waals surface area contributed by atoms with Crippen LogP contribution in [0.5, 0.6) is 0 Å². The van der Waals surface area contributed by atoms with Crippen molar-refractivity contribution in [2.75, 3.05) is 66.1 Å². The van der Waals surface area contributed by atoms with Crippen LogP contribution < -0.4 is 26.6 Å². The summed E-state index contributed by atoms with van der Waals surface area (Å²) in [5.74, 6) is -9.69. The average molecular weight is 1770 g/mol. The Balaban J connectivity index is 1.11. The fourth-order valence-corrected chi connectivity index (χ4v) is 15.0. The number of carboxylic acid groups (broad SMARTS) is 1. The van der Waals surface area contributed by atoms with Crippen LogP contribution in [0.3, 0.4) is 0 Å². The molecule has 8 rings (SSSR count). The SMILES string of the molecule is CC(=O)N[C@H]1[C@H](O[C@@H]([C@H](O)[C@H](CO)NC(C)=O)[C@H](O)CO)O[C@H](CO)[C@@H](O[C@@H]2O[C@H](CO[C@H]3O[C@H](CO)[C@@H](O)[C@H](O)[C@@H]3O[C@@H]3O[C@H](CO)[C@@H](O[C@@H]4O[C@H](CO[C@]5(C(=O)O)C[C@H](O)[C@@H](NC(C)=O)[C@H]([C@H](O)[C@H](O)CO)O5)[C@H](O)[C@H](O)[C@H]4O)[C@H](O)[C@H]3NC(C)=O)[C@@H](O)[C@H](O[C@H]3O[C@H](CO)[C@@H](O)[C@H](O)[C@@H]3O[C@@H]3O[C@H](CO)[C@@H](O)[C@H](O)[C@H]3NC(C)=O)[C@@H]2O)[C@@H]1O. The van der Waals surface area contributed by atoms with Gasteiger partial charge in [0, 0.05) is 41.0 Å². The minimum atomic E-state index is -3.08. The number of amides is 5. The largest absolute Gasteiger partial charge is 0.477 e. The zero-order valence-corrected chi connectivity index (χ0v) is 65.2. The van der Waals surface area contributed by atoms with E-state index in [1.807, 2.05) is 0 Å². The highest BCUT2D eigenvalue weighted by Crippen LogP contribution is 2.41. The summed E-state index contributed by atoms with van der Waals surface area (Å²) in [5, 5.41) is 311. The van der Waals surface area contributed by atoms with E-state index in [2.05, 4.69) is 26.6 Å². The van der Waals surface area contributed by atoms with Crippen LogP contribution in [0.2, 0.25) is 0 Å². The van der Waals surface area contributed by atoms with E-state index in [9.17, 15) is 167 Å². The highest BCUT2D eigenvalue weighted by atomic mass is 16.8. The van der Waals surface area contributed by atoms with Crippen molar-refractivity contribution in [1.29, 1.82) is 0 Å². The van der Waals surface area contributed by atoms with Crippen LogP contribution >= 0.6 is 0 Å². The molecule has 54 heteroatoms. The van der Waals surface area contributed by atoms with Crippen LogP contribution in [0.4, 0.5) is 0 Å². The van der Waals surface area contributed by atoms with Crippen molar-refractivity contribution in [3.8, 4) is 0 Å². The van der Waals surface area contributed by atoms with E-state index in [4.69, 9.17) is 75.8 Å². The molecule has 0 aromatic carbocycles. The third-order valence-corrected chi connectivity index (χ3v) is 21.4. The molecule has 0 radical (unpaired) electrons. The first-order valence-electron chi connectivity index (χ1n) is 38.2. The van der Waals surface area contributed by atoms with Gasteiger partial charge in [-0.1, -0.05) is 0 Å². The van der Waals surface area contributed by atoms with E-state index in [0.29, 0.717) is 0 Å². The van der Waals surface area contributed by atoms with Gasteiger partial charge in [-0.15, -0.1) is 0 Å². The predicted molar refractivity (Wildman–Crippen MR) is 374 cm³/mol. The van der Waals surface area contributed by atoms with Crippen molar-refractivity contribution >= 4 is 35.5 Å². The minimum Gasteiger partial charge on any atom is -0.477 e. The maximum atomic E-state index is 13.1. The highest BCUT2D eigenvalue weighted by molar-refractivity contribution is 5.77. The molecule has 0 saturated carbocycles. The summed E-state index contributed by atoms with van der Waals surface area (Å²) in [6.07, 6.45) is -86.7. The first-order chi connectivity index (χ1) is 57.0. The van der Waals surface area contributed by atoms with E-state index in [0.717, 1.165) is 34.6 Å². The molecule has 45 atom stereocenters. The predicted octanol–water partition coefficient (Wildman–Crippen LogP) is -21.1. The van der Waals surface area contributed by atoms with Crippen LogP contribution in [0.1, 0.15) is 41.0 Å². The van der Waals surface area contributed by atoms with E-state index in [1.54, 1.807) is 0 Å². The lowest BCUT2D eigenvalue weighted by molar-refractivity contribution is -0.396. The Kier molecular flexibility index (Phi) is 37.5. The van der Waals surface area contributed by atoms with E-state index >= 15 is 0 Å². The van der Waals surface area contributed by atoms with Gasteiger partial charge in [0.2, 0.25) is 29.5 Å². The molecule has 0 aromatic rings. The third-order valence-electron chi connectivity index (χ3n) is 21.4. The van der Waals surface area contributed by atoms with Crippen molar-refractivity contribution in [3.63, 3.8) is 0 Å². The zero-order valence-electron chi connectivity index (χ0n) is 65.2. The normalized spacial score (nSPS) is 43.9. The van der Waals surface area contributed by atoms with Gasteiger partial charge in [-0.05, 0) is 0 Å². The van der Waals surface area contributed by atoms with Gasteiger partial charge in [0.1, 0.15) is 207 Å². The molecule has 700 valence electrons. The number of ether oxygens (including phenoxy) is 16.